The molecule has 0 atom stereocenters. The molecule has 27 heavy (non-hydrogen) atoms. The summed E-state index contributed by atoms with van der Waals surface area (Å²) in [5.41, 5.74) is 2.01. The Labute approximate surface area is 166 Å². The SMILES string of the molecule is Cc1cc(Cl)ccc1OCC(=O)Nc1cc(-c2ccc(CO)o2)ccc1Cl. The van der Waals surface area contributed by atoms with Crippen molar-refractivity contribution in [1.29, 1.82) is 0 Å². The number of halogens is 2. The average Bonchev–Trinajstić information content (AvgIpc) is 3.12. The summed E-state index contributed by atoms with van der Waals surface area (Å²) in [6.45, 7) is 1.50. The summed E-state index contributed by atoms with van der Waals surface area (Å²) in [4.78, 5) is 12.2. The predicted octanol–water partition coefficient (Wildman–Crippen LogP) is 5.07. The summed E-state index contributed by atoms with van der Waals surface area (Å²) in [6.07, 6.45) is 0. The van der Waals surface area contributed by atoms with E-state index in [4.69, 9.17) is 37.5 Å². The van der Waals surface area contributed by atoms with Gasteiger partial charge in [0.1, 0.15) is 23.9 Å². The molecule has 0 aliphatic rings. The molecule has 2 N–H and O–H groups in total. The number of benzene rings is 2. The van der Waals surface area contributed by atoms with Crippen LogP contribution < -0.4 is 10.1 Å². The second-order valence-electron chi connectivity index (χ2n) is 5.87. The van der Waals surface area contributed by atoms with Gasteiger partial charge in [0.05, 0.1) is 10.7 Å². The Morgan fingerprint density at radius 3 is 2.67 bits per heavy atom. The van der Waals surface area contributed by atoms with Crippen LogP contribution in [-0.2, 0) is 11.4 Å². The van der Waals surface area contributed by atoms with Gasteiger partial charge in [-0.1, -0.05) is 23.2 Å². The lowest BCUT2D eigenvalue weighted by Gasteiger charge is -2.11. The Kier molecular flexibility index (Phi) is 6.06. The fourth-order valence-electron chi connectivity index (χ4n) is 2.50. The van der Waals surface area contributed by atoms with Crippen LogP contribution in [0.3, 0.4) is 0 Å². The number of aryl methyl sites for hydroxylation is 1. The summed E-state index contributed by atoms with van der Waals surface area (Å²) in [7, 11) is 0. The van der Waals surface area contributed by atoms with Gasteiger partial charge in [0.25, 0.3) is 5.91 Å². The van der Waals surface area contributed by atoms with Crippen molar-refractivity contribution in [1.82, 2.24) is 0 Å². The van der Waals surface area contributed by atoms with Gasteiger partial charge in [0.2, 0.25) is 0 Å². The normalized spacial score (nSPS) is 10.7. The third-order valence-corrected chi connectivity index (χ3v) is 4.40. The fraction of sp³-hybridized carbons (Fsp3) is 0.150. The number of aliphatic hydroxyl groups is 1. The number of hydrogen-bond acceptors (Lipinski definition) is 4. The maximum Gasteiger partial charge on any atom is 0.262 e. The molecule has 3 aromatic rings. The van der Waals surface area contributed by atoms with E-state index in [1.165, 1.54) is 0 Å². The van der Waals surface area contributed by atoms with E-state index < -0.39 is 0 Å². The van der Waals surface area contributed by atoms with E-state index in [1.807, 2.05) is 6.92 Å². The number of amides is 1. The van der Waals surface area contributed by atoms with Crippen LogP contribution in [0.4, 0.5) is 5.69 Å². The van der Waals surface area contributed by atoms with Crippen molar-refractivity contribution < 1.29 is 19.1 Å². The number of carbonyl (C=O) groups is 1. The lowest BCUT2D eigenvalue weighted by molar-refractivity contribution is -0.118. The van der Waals surface area contributed by atoms with Crippen molar-refractivity contribution in [2.45, 2.75) is 13.5 Å². The van der Waals surface area contributed by atoms with Gasteiger partial charge in [-0.05, 0) is 61.0 Å². The van der Waals surface area contributed by atoms with Gasteiger partial charge in [0, 0.05) is 10.6 Å². The average molecular weight is 406 g/mol. The molecule has 1 amide bonds. The smallest absolute Gasteiger partial charge is 0.262 e. The van der Waals surface area contributed by atoms with E-state index in [2.05, 4.69) is 5.32 Å². The van der Waals surface area contributed by atoms with E-state index in [1.54, 1.807) is 48.5 Å². The van der Waals surface area contributed by atoms with Crippen LogP contribution in [-0.4, -0.2) is 17.6 Å². The van der Waals surface area contributed by atoms with E-state index in [0.29, 0.717) is 33.0 Å². The van der Waals surface area contributed by atoms with Crippen LogP contribution in [0, 0.1) is 6.92 Å². The number of aliphatic hydroxyl groups excluding tert-OH is 1. The first-order chi connectivity index (χ1) is 13.0. The van der Waals surface area contributed by atoms with Crippen molar-refractivity contribution in [2.75, 3.05) is 11.9 Å². The first-order valence-corrected chi connectivity index (χ1v) is 8.90. The molecule has 0 saturated heterocycles. The van der Waals surface area contributed by atoms with Crippen molar-refractivity contribution in [3.05, 3.63) is 69.9 Å². The van der Waals surface area contributed by atoms with Gasteiger partial charge in [-0.2, -0.15) is 0 Å². The molecule has 7 heteroatoms. The second-order valence-corrected chi connectivity index (χ2v) is 6.71. The highest BCUT2D eigenvalue weighted by Crippen LogP contribution is 2.30. The summed E-state index contributed by atoms with van der Waals surface area (Å²) in [5, 5.41) is 12.8. The largest absolute Gasteiger partial charge is 0.483 e. The Bertz CT molecular complexity index is 968. The molecule has 0 bridgehead atoms. The third kappa shape index (κ3) is 4.83. The van der Waals surface area contributed by atoms with Crippen LogP contribution >= 0.6 is 23.2 Å². The van der Waals surface area contributed by atoms with Crippen LogP contribution in [0.2, 0.25) is 10.0 Å². The second kappa shape index (κ2) is 8.48. The van der Waals surface area contributed by atoms with Crippen molar-refractivity contribution in [2.24, 2.45) is 0 Å². The minimum absolute atomic E-state index is 0.168. The fourth-order valence-corrected chi connectivity index (χ4v) is 2.89. The van der Waals surface area contributed by atoms with Crippen molar-refractivity contribution in [3.63, 3.8) is 0 Å². The van der Waals surface area contributed by atoms with Crippen LogP contribution in [0.15, 0.2) is 52.9 Å². The maximum absolute atomic E-state index is 12.2. The standard InChI is InChI=1S/C20H17Cl2NO4/c1-12-8-14(21)3-6-18(12)26-11-20(25)23-17-9-13(2-5-16(17)22)19-7-4-15(10-24)27-19/h2-9,24H,10-11H2,1H3,(H,23,25). The molecule has 0 radical (unpaired) electrons. The predicted molar refractivity (Wildman–Crippen MR) is 105 cm³/mol. The van der Waals surface area contributed by atoms with E-state index in [0.717, 1.165) is 11.1 Å². The molecule has 2 aromatic carbocycles. The molecule has 1 heterocycles. The van der Waals surface area contributed by atoms with Crippen molar-refractivity contribution >= 4 is 34.8 Å². The molecule has 0 aliphatic carbocycles. The minimum Gasteiger partial charge on any atom is -0.483 e. The third-order valence-electron chi connectivity index (χ3n) is 3.84. The lowest BCUT2D eigenvalue weighted by atomic mass is 10.1. The first-order valence-electron chi connectivity index (χ1n) is 8.14. The molecule has 1 aromatic heterocycles. The van der Waals surface area contributed by atoms with Gasteiger partial charge < -0.3 is 19.6 Å². The minimum atomic E-state index is -0.348. The number of rotatable bonds is 6. The molecule has 0 unspecified atom stereocenters. The summed E-state index contributed by atoms with van der Waals surface area (Å²) < 4.78 is 11.0. The zero-order chi connectivity index (χ0) is 19.4. The molecule has 0 aliphatic heterocycles. The van der Waals surface area contributed by atoms with Crippen molar-refractivity contribution in [3.8, 4) is 17.1 Å². The first kappa shape index (κ1) is 19.3. The number of nitrogens with one attached hydrogen (secondary N) is 1. The quantitative estimate of drug-likeness (QED) is 0.600. The molecule has 5 nitrogen and oxygen atoms in total. The summed E-state index contributed by atoms with van der Waals surface area (Å²) in [6, 6.07) is 13.7. The monoisotopic (exact) mass is 405 g/mol. The topological polar surface area (TPSA) is 71.7 Å². The van der Waals surface area contributed by atoms with Gasteiger partial charge in [-0.25, -0.2) is 0 Å². The van der Waals surface area contributed by atoms with Crippen LogP contribution in [0.1, 0.15) is 11.3 Å². The van der Waals surface area contributed by atoms with Gasteiger partial charge in [-0.3, -0.25) is 4.79 Å². The van der Waals surface area contributed by atoms with E-state index in [-0.39, 0.29) is 19.1 Å². The van der Waals surface area contributed by atoms with Crippen LogP contribution in [0.5, 0.6) is 5.75 Å². The molecule has 140 valence electrons. The molecule has 0 fully saturated rings. The Balaban J connectivity index is 1.69. The van der Waals surface area contributed by atoms with E-state index >= 15 is 0 Å². The Hall–Kier alpha value is -2.47. The van der Waals surface area contributed by atoms with Gasteiger partial charge in [0.15, 0.2) is 6.61 Å². The molecular formula is C20H17Cl2NO4. The highest BCUT2D eigenvalue weighted by Gasteiger charge is 2.11. The number of hydrogen-bond donors (Lipinski definition) is 2. The number of ether oxygens (including phenoxy) is 1. The molecule has 0 saturated carbocycles. The van der Waals surface area contributed by atoms with Gasteiger partial charge in [-0.15, -0.1) is 0 Å². The maximum atomic E-state index is 12.2. The van der Waals surface area contributed by atoms with E-state index in [9.17, 15) is 4.79 Å². The molecule has 0 spiro atoms. The molecule has 3 rings (SSSR count). The number of furan rings is 1. The summed E-state index contributed by atoms with van der Waals surface area (Å²) >= 11 is 12.1. The van der Waals surface area contributed by atoms with Gasteiger partial charge >= 0.3 is 0 Å². The zero-order valence-electron chi connectivity index (χ0n) is 14.5. The lowest BCUT2D eigenvalue weighted by Crippen LogP contribution is -2.20. The Morgan fingerprint density at radius 2 is 1.96 bits per heavy atom. The summed E-state index contributed by atoms with van der Waals surface area (Å²) in [5.74, 6) is 1.26. The highest BCUT2D eigenvalue weighted by atomic mass is 35.5. The van der Waals surface area contributed by atoms with Crippen LogP contribution in [0.25, 0.3) is 11.3 Å². The highest BCUT2D eigenvalue weighted by molar-refractivity contribution is 6.33. The zero-order valence-corrected chi connectivity index (χ0v) is 16.0. The Morgan fingerprint density at radius 1 is 1.15 bits per heavy atom. The number of anilines is 1. The number of carbonyl (C=O) groups excluding carboxylic acids is 1. The molecular weight excluding hydrogens is 389 g/mol.